The summed E-state index contributed by atoms with van der Waals surface area (Å²) in [6, 6.07) is 9.41. The molecule has 1 aliphatic rings. The van der Waals surface area contributed by atoms with Crippen molar-refractivity contribution in [2.75, 3.05) is 26.2 Å². The molecule has 2 N–H and O–H groups in total. The minimum atomic E-state index is -3.45. The maximum atomic E-state index is 12.7. The van der Waals surface area contributed by atoms with Crippen LogP contribution in [0.3, 0.4) is 0 Å². The summed E-state index contributed by atoms with van der Waals surface area (Å²) in [5.41, 5.74) is 5.56. The number of hydrogen-bond acceptors (Lipinski definition) is 5. The molecule has 1 unspecified atom stereocenters. The normalized spacial score (nSPS) is 20.3. The molecule has 1 aliphatic heterocycles. The minimum absolute atomic E-state index is 0. The monoisotopic (exact) mass is 348 g/mol. The van der Waals surface area contributed by atoms with Gasteiger partial charge in [0, 0.05) is 24.3 Å². The fraction of sp³-hybridized carbons (Fsp3) is 0.385. The van der Waals surface area contributed by atoms with Crippen LogP contribution in [0.2, 0.25) is 0 Å². The number of nitrogens with zero attached hydrogens (tertiary/aromatic N) is 1. The van der Waals surface area contributed by atoms with E-state index in [0.717, 1.165) is 10.1 Å². The quantitative estimate of drug-likeness (QED) is 0.915. The van der Waals surface area contributed by atoms with Gasteiger partial charge in [0.05, 0.1) is 12.7 Å². The first kappa shape index (κ1) is 16.7. The SMILES string of the molecule is Cl.NCC1CN(S(=O)(=O)c2cc3ccccc3s2)CCO1. The molecule has 5 nitrogen and oxygen atoms in total. The van der Waals surface area contributed by atoms with E-state index in [1.165, 1.54) is 15.6 Å². The van der Waals surface area contributed by atoms with Crippen LogP contribution in [0.5, 0.6) is 0 Å². The van der Waals surface area contributed by atoms with Crippen molar-refractivity contribution in [1.82, 2.24) is 4.31 Å². The Balaban J connectivity index is 0.00000161. The molecule has 1 fully saturated rings. The zero-order valence-corrected chi connectivity index (χ0v) is 13.7. The lowest BCUT2D eigenvalue weighted by atomic mass is 10.3. The van der Waals surface area contributed by atoms with Crippen LogP contribution in [0, 0.1) is 0 Å². The molecule has 0 bridgehead atoms. The summed E-state index contributed by atoms with van der Waals surface area (Å²) < 4.78 is 33.6. The molecule has 1 aromatic heterocycles. The van der Waals surface area contributed by atoms with Gasteiger partial charge in [0.2, 0.25) is 0 Å². The molecule has 3 rings (SSSR count). The maximum absolute atomic E-state index is 12.7. The second-order valence-corrected chi connectivity index (χ2v) is 7.94. The maximum Gasteiger partial charge on any atom is 0.252 e. The first-order valence-electron chi connectivity index (χ1n) is 6.41. The van der Waals surface area contributed by atoms with Crippen LogP contribution in [-0.2, 0) is 14.8 Å². The van der Waals surface area contributed by atoms with Gasteiger partial charge in [-0.25, -0.2) is 8.42 Å². The third-order valence-corrected chi connectivity index (χ3v) is 6.79. The van der Waals surface area contributed by atoms with E-state index in [2.05, 4.69) is 0 Å². The molecule has 1 aromatic carbocycles. The molecular formula is C13H17ClN2O3S2. The number of nitrogens with two attached hydrogens (primary N) is 1. The Morgan fingerprint density at radius 3 is 2.86 bits per heavy atom. The van der Waals surface area contributed by atoms with Crippen LogP contribution in [0.25, 0.3) is 10.1 Å². The van der Waals surface area contributed by atoms with E-state index in [0.29, 0.717) is 30.5 Å². The highest BCUT2D eigenvalue weighted by atomic mass is 35.5. The van der Waals surface area contributed by atoms with E-state index in [1.54, 1.807) is 6.07 Å². The largest absolute Gasteiger partial charge is 0.374 e. The molecule has 2 heterocycles. The molecule has 0 saturated carbocycles. The lowest BCUT2D eigenvalue weighted by molar-refractivity contribution is 0.00456. The number of sulfonamides is 1. The van der Waals surface area contributed by atoms with Crippen LogP contribution in [-0.4, -0.2) is 45.1 Å². The Kier molecular flexibility index (Phi) is 5.24. The number of thiophene rings is 1. The second kappa shape index (κ2) is 6.60. The van der Waals surface area contributed by atoms with Gasteiger partial charge in [-0.2, -0.15) is 4.31 Å². The molecule has 116 valence electrons. The number of halogens is 1. The third-order valence-electron chi connectivity index (χ3n) is 3.36. The summed E-state index contributed by atoms with van der Waals surface area (Å²) in [6.45, 7) is 1.44. The second-order valence-electron chi connectivity index (χ2n) is 4.69. The first-order chi connectivity index (χ1) is 9.61. The molecule has 2 aromatic rings. The molecule has 21 heavy (non-hydrogen) atoms. The van der Waals surface area contributed by atoms with E-state index in [9.17, 15) is 8.42 Å². The highest BCUT2D eigenvalue weighted by Gasteiger charge is 2.31. The lowest BCUT2D eigenvalue weighted by Gasteiger charge is -2.31. The van der Waals surface area contributed by atoms with Gasteiger partial charge < -0.3 is 10.5 Å². The molecule has 0 spiro atoms. The average molecular weight is 349 g/mol. The highest BCUT2D eigenvalue weighted by molar-refractivity contribution is 7.91. The van der Waals surface area contributed by atoms with Gasteiger partial charge in [0.15, 0.2) is 0 Å². The van der Waals surface area contributed by atoms with Crippen molar-refractivity contribution in [2.24, 2.45) is 5.73 Å². The van der Waals surface area contributed by atoms with Crippen molar-refractivity contribution in [1.29, 1.82) is 0 Å². The van der Waals surface area contributed by atoms with Crippen LogP contribution in [0.15, 0.2) is 34.5 Å². The van der Waals surface area contributed by atoms with Crippen molar-refractivity contribution < 1.29 is 13.2 Å². The van der Waals surface area contributed by atoms with E-state index in [-0.39, 0.29) is 18.5 Å². The Bertz CT molecular complexity index is 684. The van der Waals surface area contributed by atoms with Crippen molar-refractivity contribution in [3.8, 4) is 0 Å². The Morgan fingerprint density at radius 2 is 2.14 bits per heavy atom. The van der Waals surface area contributed by atoms with Gasteiger partial charge in [-0.3, -0.25) is 0 Å². The Labute approximate surface area is 134 Å². The topological polar surface area (TPSA) is 72.6 Å². The number of morpholine rings is 1. The Morgan fingerprint density at radius 1 is 1.38 bits per heavy atom. The number of rotatable bonds is 3. The summed E-state index contributed by atoms with van der Waals surface area (Å²) in [6.07, 6.45) is -0.215. The molecule has 1 saturated heterocycles. The van der Waals surface area contributed by atoms with Crippen molar-refractivity contribution >= 4 is 43.9 Å². The molecule has 8 heteroatoms. The van der Waals surface area contributed by atoms with Crippen molar-refractivity contribution in [3.05, 3.63) is 30.3 Å². The summed E-state index contributed by atoms with van der Waals surface area (Å²) >= 11 is 1.30. The summed E-state index contributed by atoms with van der Waals surface area (Å²) in [5.74, 6) is 0. The van der Waals surface area contributed by atoms with Gasteiger partial charge in [0.1, 0.15) is 4.21 Å². The first-order valence-corrected chi connectivity index (χ1v) is 8.67. The van der Waals surface area contributed by atoms with Crippen LogP contribution < -0.4 is 5.73 Å². The van der Waals surface area contributed by atoms with Crippen LogP contribution >= 0.6 is 23.7 Å². The van der Waals surface area contributed by atoms with Gasteiger partial charge in [-0.05, 0) is 17.5 Å². The smallest absolute Gasteiger partial charge is 0.252 e. The molecular weight excluding hydrogens is 332 g/mol. The van der Waals surface area contributed by atoms with Gasteiger partial charge in [0.25, 0.3) is 10.0 Å². The van der Waals surface area contributed by atoms with Crippen LogP contribution in [0.4, 0.5) is 0 Å². The third kappa shape index (κ3) is 3.23. The zero-order chi connectivity index (χ0) is 14.2. The predicted molar refractivity (Wildman–Crippen MR) is 86.6 cm³/mol. The predicted octanol–water partition coefficient (Wildman–Crippen LogP) is 1.67. The highest BCUT2D eigenvalue weighted by Crippen LogP contribution is 2.31. The van der Waals surface area contributed by atoms with Crippen molar-refractivity contribution in [2.45, 2.75) is 10.3 Å². The summed E-state index contributed by atoms with van der Waals surface area (Å²) in [7, 11) is -3.45. The fourth-order valence-corrected chi connectivity index (χ4v) is 5.27. The number of hydrogen-bond donors (Lipinski definition) is 1. The zero-order valence-electron chi connectivity index (χ0n) is 11.3. The van der Waals surface area contributed by atoms with E-state index >= 15 is 0 Å². The van der Waals surface area contributed by atoms with E-state index < -0.39 is 10.0 Å². The number of benzene rings is 1. The Hall–Kier alpha value is -0.700. The van der Waals surface area contributed by atoms with Crippen LogP contribution in [0.1, 0.15) is 0 Å². The van der Waals surface area contributed by atoms with Gasteiger partial charge >= 0.3 is 0 Å². The summed E-state index contributed by atoms with van der Waals surface area (Å²) in [4.78, 5) is 0. The minimum Gasteiger partial charge on any atom is -0.374 e. The average Bonchev–Trinajstić information content (AvgIpc) is 2.92. The number of ether oxygens (including phenoxy) is 1. The molecule has 0 amide bonds. The molecule has 0 radical (unpaired) electrons. The van der Waals surface area contributed by atoms with E-state index in [4.69, 9.17) is 10.5 Å². The standard InChI is InChI=1S/C13H16N2O3S2.ClH/c14-8-11-9-15(5-6-18-11)20(16,17)13-7-10-3-1-2-4-12(10)19-13;/h1-4,7,11H,5-6,8-9,14H2;1H. The molecule has 1 atom stereocenters. The van der Waals surface area contributed by atoms with Gasteiger partial charge in [-0.1, -0.05) is 18.2 Å². The fourth-order valence-electron chi connectivity index (χ4n) is 2.27. The number of fused-ring (bicyclic) bond motifs is 1. The summed E-state index contributed by atoms with van der Waals surface area (Å²) in [5, 5.41) is 0.958. The van der Waals surface area contributed by atoms with Gasteiger partial charge in [-0.15, -0.1) is 23.7 Å². The lowest BCUT2D eigenvalue weighted by Crippen LogP contribution is -2.47. The van der Waals surface area contributed by atoms with Crippen molar-refractivity contribution in [3.63, 3.8) is 0 Å². The molecule has 0 aliphatic carbocycles. The van der Waals surface area contributed by atoms with E-state index in [1.807, 2.05) is 24.3 Å².